The van der Waals surface area contributed by atoms with Gasteiger partial charge in [-0.2, -0.15) is 0 Å². The second kappa shape index (κ2) is 6.21. The van der Waals surface area contributed by atoms with Gasteiger partial charge >= 0.3 is 0 Å². The van der Waals surface area contributed by atoms with Crippen LogP contribution in [-0.4, -0.2) is 35.6 Å². The minimum Gasteiger partial charge on any atom is -0.373 e. The highest BCUT2D eigenvalue weighted by atomic mass is 16.5. The SMILES string of the molecule is CC1CC2N(C)C(=O)CC[C@]2(C)[C@@H]2CC[C@]3(C)CC(OC(C)(C)C)C[C@H]3[C@H]12. The van der Waals surface area contributed by atoms with Gasteiger partial charge in [-0.3, -0.25) is 4.79 Å². The number of hydrogen-bond donors (Lipinski definition) is 0. The summed E-state index contributed by atoms with van der Waals surface area (Å²) < 4.78 is 6.48. The number of hydrogen-bond acceptors (Lipinski definition) is 2. The average molecular weight is 376 g/mol. The van der Waals surface area contributed by atoms with E-state index >= 15 is 0 Å². The van der Waals surface area contributed by atoms with Crippen LogP contribution in [0.15, 0.2) is 0 Å². The molecule has 3 heteroatoms. The molecule has 1 heterocycles. The molecule has 4 fully saturated rings. The summed E-state index contributed by atoms with van der Waals surface area (Å²) in [5, 5.41) is 0. The maximum absolute atomic E-state index is 12.4. The highest BCUT2D eigenvalue weighted by molar-refractivity contribution is 5.77. The van der Waals surface area contributed by atoms with Gasteiger partial charge in [-0.25, -0.2) is 0 Å². The smallest absolute Gasteiger partial charge is 0.222 e. The zero-order valence-electron chi connectivity index (χ0n) is 18.7. The van der Waals surface area contributed by atoms with Crippen molar-refractivity contribution in [3.8, 4) is 0 Å². The van der Waals surface area contributed by atoms with Gasteiger partial charge in [0.05, 0.1) is 11.7 Å². The predicted octanol–water partition coefficient (Wildman–Crippen LogP) is 5.28. The van der Waals surface area contributed by atoms with Crippen LogP contribution in [-0.2, 0) is 9.53 Å². The molecule has 4 rings (SSSR count). The van der Waals surface area contributed by atoms with Crippen molar-refractivity contribution in [3.05, 3.63) is 0 Å². The van der Waals surface area contributed by atoms with Gasteiger partial charge in [-0.1, -0.05) is 20.8 Å². The van der Waals surface area contributed by atoms with Crippen molar-refractivity contribution < 1.29 is 9.53 Å². The van der Waals surface area contributed by atoms with Crippen LogP contribution in [0.2, 0.25) is 0 Å². The maximum atomic E-state index is 12.4. The Morgan fingerprint density at radius 3 is 2.48 bits per heavy atom. The summed E-state index contributed by atoms with van der Waals surface area (Å²) in [6.07, 6.45) is 8.63. The van der Waals surface area contributed by atoms with Gasteiger partial charge in [0, 0.05) is 19.5 Å². The van der Waals surface area contributed by atoms with Gasteiger partial charge in [0.15, 0.2) is 0 Å². The largest absolute Gasteiger partial charge is 0.373 e. The minimum atomic E-state index is -0.0460. The first-order chi connectivity index (χ1) is 12.4. The maximum Gasteiger partial charge on any atom is 0.222 e. The van der Waals surface area contributed by atoms with Crippen LogP contribution in [0.4, 0.5) is 0 Å². The van der Waals surface area contributed by atoms with Gasteiger partial charge in [0.1, 0.15) is 0 Å². The van der Waals surface area contributed by atoms with Crippen LogP contribution in [0.25, 0.3) is 0 Å². The molecule has 3 aliphatic carbocycles. The van der Waals surface area contributed by atoms with E-state index in [-0.39, 0.29) is 5.60 Å². The number of carbonyl (C=O) groups is 1. The van der Waals surface area contributed by atoms with Crippen LogP contribution in [0.1, 0.15) is 86.5 Å². The highest BCUT2D eigenvalue weighted by Crippen LogP contribution is 2.66. The molecule has 154 valence electrons. The third kappa shape index (κ3) is 3.07. The van der Waals surface area contributed by atoms with E-state index in [0.29, 0.717) is 34.8 Å². The number of carbonyl (C=O) groups excluding carboxylic acids is 1. The molecule has 1 amide bonds. The fourth-order valence-electron chi connectivity index (χ4n) is 8.05. The van der Waals surface area contributed by atoms with Gasteiger partial charge < -0.3 is 9.64 Å². The molecule has 0 bridgehead atoms. The van der Waals surface area contributed by atoms with Gasteiger partial charge in [-0.05, 0) is 93.8 Å². The molecule has 1 aliphatic heterocycles. The Kier molecular flexibility index (Phi) is 4.54. The summed E-state index contributed by atoms with van der Waals surface area (Å²) in [6.45, 7) is 14.1. The first-order valence-corrected chi connectivity index (χ1v) is 11.4. The number of amides is 1. The molecule has 0 N–H and O–H groups in total. The van der Waals surface area contributed by atoms with Crippen LogP contribution in [0, 0.1) is 34.5 Å². The number of nitrogens with zero attached hydrogens (tertiary/aromatic N) is 1. The van der Waals surface area contributed by atoms with E-state index in [4.69, 9.17) is 4.74 Å². The summed E-state index contributed by atoms with van der Waals surface area (Å²) in [6, 6.07) is 0.447. The number of fused-ring (bicyclic) bond motifs is 5. The number of likely N-dealkylation sites (tertiary alicyclic amines) is 1. The standard InChI is InChI=1S/C24H41NO2/c1-15-12-19-24(6,11-9-20(26)25(19)7)17-8-10-23(5)14-16(27-22(2,3)4)13-18(23)21(15)17/h15-19,21H,8-14H2,1-7H3/t15?,16?,17-,18+,19?,21-,23-,24-/m1/s1. The molecule has 0 radical (unpaired) electrons. The van der Waals surface area contributed by atoms with E-state index in [1.807, 2.05) is 0 Å². The van der Waals surface area contributed by atoms with Crippen molar-refractivity contribution in [1.29, 1.82) is 0 Å². The summed E-state index contributed by atoms with van der Waals surface area (Å²) >= 11 is 0. The fourth-order valence-corrected chi connectivity index (χ4v) is 8.05. The van der Waals surface area contributed by atoms with E-state index in [9.17, 15) is 4.79 Å². The van der Waals surface area contributed by atoms with Gasteiger partial charge in [0.2, 0.25) is 5.91 Å². The second-order valence-electron chi connectivity index (χ2n) is 12.0. The zero-order chi connectivity index (χ0) is 19.8. The lowest BCUT2D eigenvalue weighted by molar-refractivity contribution is -0.164. The van der Waals surface area contributed by atoms with Crippen LogP contribution < -0.4 is 0 Å². The molecular weight excluding hydrogens is 334 g/mol. The van der Waals surface area contributed by atoms with E-state index < -0.39 is 0 Å². The Balaban J connectivity index is 1.62. The first-order valence-electron chi connectivity index (χ1n) is 11.4. The molecule has 0 aromatic carbocycles. The predicted molar refractivity (Wildman–Crippen MR) is 109 cm³/mol. The van der Waals surface area contributed by atoms with Crippen molar-refractivity contribution in [2.24, 2.45) is 34.5 Å². The van der Waals surface area contributed by atoms with E-state index in [2.05, 4.69) is 53.5 Å². The Morgan fingerprint density at radius 1 is 1.11 bits per heavy atom. The van der Waals surface area contributed by atoms with E-state index in [1.54, 1.807) is 0 Å². The number of piperidine rings is 1. The number of rotatable bonds is 1. The fraction of sp³-hybridized carbons (Fsp3) is 0.958. The molecule has 3 saturated carbocycles. The summed E-state index contributed by atoms with van der Waals surface area (Å²) in [5.41, 5.74) is 0.713. The van der Waals surface area contributed by atoms with Gasteiger partial charge in [0.25, 0.3) is 0 Å². The molecule has 8 atom stereocenters. The van der Waals surface area contributed by atoms with Crippen LogP contribution in [0.5, 0.6) is 0 Å². The third-order valence-corrected chi connectivity index (χ3v) is 9.18. The van der Waals surface area contributed by atoms with Crippen molar-refractivity contribution in [2.45, 2.75) is 104 Å². The van der Waals surface area contributed by atoms with Crippen LogP contribution in [0.3, 0.4) is 0 Å². The molecule has 0 aromatic heterocycles. The lowest BCUT2D eigenvalue weighted by atomic mass is 9.45. The number of ether oxygens (including phenoxy) is 1. The van der Waals surface area contributed by atoms with Crippen molar-refractivity contribution in [1.82, 2.24) is 4.90 Å². The Morgan fingerprint density at radius 2 is 1.81 bits per heavy atom. The first kappa shape index (κ1) is 19.7. The Bertz CT molecular complexity index is 610. The summed E-state index contributed by atoms with van der Waals surface area (Å²) in [7, 11) is 2.06. The molecule has 3 unspecified atom stereocenters. The molecule has 4 aliphatic rings. The second-order valence-corrected chi connectivity index (χ2v) is 12.0. The van der Waals surface area contributed by atoms with E-state index in [0.717, 1.165) is 30.6 Å². The van der Waals surface area contributed by atoms with Crippen molar-refractivity contribution in [3.63, 3.8) is 0 Å². The van der Waals surface area contributed by atoms with Crippen LogP contribution >= 0.6 is 0 Å². The quantitative estimate of drug-likeness (QED) is 0.624. The Labute approximate surface area is 166 Å². The third-order valence-electron chi connectivity index (χ3n) is 9.18. The van der Waals surface area contributed by atoms with Gasteiger partial charge in [-0.15, -0.1) is 0 Å². The normalized spacial score (nSPS) is 50.2. The molecule has 0 spiro atoms. The Hall–Kier alpha value is -0.570. The molecule has 27 heavy (non-hydrogen) atoms. The lowest BCUT2D eigenvalue weighted by Crippen LogP contribution is -2.62. The minimum absolute atomic E-state index is 0.0460. The summed E-state index contributed by atoms with van der Waals surface area (Å²) in [4.78, 5) is 14.5. The lowest BCUT2D eigenvalue weighted by Gasteiger charge is -2.63. The molecule has 1 saturated heterocycles. The molecular formula is C24H41NO2. The van der Waals surface area contributed by atoms with Crippen molar-refractivity contribution >= 4 is 5.91 Å². The molecule has 3 nitrogen and oxygen atoms in total. The topological polar surface area (TPSA) is 29.5 Å². The average Bonchev–Trinajstić information content (AvgIpc) is 2.87. The van der Waals surface area contributed by atoms with Crippen molar-refractivity contribution in [2.75, 3.05) is 7.05 Å². The zero-order valence-corrected chi connectivity index (χ0v) is 18.7. The highest BCUT2D eigenvalue weighted by Gasteiger charge is 2.62. The monoisotopic (exact) mass is 375 g/mol. The van der Waals surface area contributed by atoms with E-state index in [1.165, 1.54) is 32.1 Å². The molecule has 0 aromatic rings. The summed E-state index contributed by atoms with van der Waals surface area (Å²) in [5.74, 6) is 3.44.